The van der Waals surface area contributed by atoms with E-state index in [4.69, 9.17) is 0 Å². The zero-order chi connectivity index (χ0) is 12.1. The Morgan fingerprint density at radius 2 is 1.93 bits per heavy atom. The average Bonchev–Trinajstić information content (AvgIpc) is 2.48. The predicted octanol–water partition coefficient (Wildman–Crippen LogP) is 1.30. The minimum Gasteiger partial charge on any atom is -0.351 e. The van der Waals surface area contributed by atoms with Crippen LogP contribution < -0.4 is 10.6 Å². The van der Waals surface area contributed by atoms with Crippen molar-refractivity contribution in [1.29, 1.82) is 0 Å². The highest BCUT2D eigenvalue weighted by Crippen LogP contribution is 2.13. The lowest BCUT2D eigenvalue weighted by molar-refractivity contribution is -0.172. The number of nitrogens with one attached hydrogen (secondary N) is 2. The molecule has 0 bridgehead atoms. The Balaban J connectivity index is 0.000000262. The fourth-order valence-corrected chi connectivity index (χ4v) is 1.31. The Morgan fingerprint density at radius 3 is 2.00 bits per heavy atom. The largest absolute Gasteiger partial charge is 0.471 e. The van der Waals surface area contributed by atoms with Crippen LogP contribution in [0.25, 0.3) is 0 Å². The molecular weight excluding hydrogens is 209 g/mol. The van der Waals surface area contributed by atoms with Crippen LogP contribution in [0.1, 0.15) is 20.3 Å². The minimum absolute atomic E-state index is 0.773. The third kappa shape index (κ3) is 6.33. The maximum Gasteiger partial charge on any atom is 0.471 e. The summed E-state index contributed by atoms with van der Waals surface area (Å²) >= 11 is 0. The SMILES string of the molecule is CC1CN[C@H](C)C1.CNC(=O)C(F)(F)F. The van der Waals surface area contributed by atoms with Gasteiger partial charge in [-0.1, -0.05) is 6.92 Å². The number of carbonyl (C=O) groups excluding carboxylic acids is 1. The number of halogens is 3. The van der Waals surface area contributed by atoms with Crippen LogP contribution in [0, 0.1) is 5.92 Å². The summed E-state index contributed by atoms with van der Waals surface area (Å²) in [7, 11) is 0.926. The van der Waals surface area contributed by atoms with Crippen molar-refractivity contribution in [1.82, 2.24) is 10.6 Å². The molecule has 90 valence electrons. The van der Waals surface area contributed by atoms with Gasteiger partial charge in [0.1, 0.15) is 0 Å². The summed E-state index contributed by atoms with van der Waals surface area (Å²) < 4.78 is 33.1. The summed E-state index contributed by atoms with van der Waals surface area (Å²) in [6.07, 6.45) is -3.38. The van der Waals surface area contributed by atoms with Gasteiger partial charge in [-0.15, -0.1) is 0 Å². The van der Waals surface area contributed by atoms with Gasteiger partial charge in [0, 0.05) is 13.1 Å². The lowest BCUT2D eigenvalue weighted by Crippen LogP contribution is -2.33. The standard InChI is InChI=1S/C6H13N.C3H4F3NO/c1-5-3-6(2)7-4-5;1-7-2(8)3(4,5)6/h5-7H,3-4H2,1-2H3;1H3,(H,7,8)/t5?,6-;/m1./s1. The number of hydrogen-bond donors (Lipinski definition) is 2. The van der Waals surface area contributed by atoms with Gasteiger partial charge in [0.25, 0.3) is 0 Å². The van der Waals surface area contributed by atoms with E-state index in [9.17, 15) is 18.0 Å². The summed E-state index contributed by atoms with van der Waals surface area (Å²) in [6.45, 7) is 5.75. The zero-order valence-electron chi connectivity index (χ0n) is 9.11. The average molecular weight is 226 g/mol. The van der Waals surface area contributed by atoms with Gasteiger partial charge in [-0.2, -0.15) is 13.2 Å². The Morgan fingerprint density at radius 1 is 1.40 bits per heavy atom. The fraction of sp³-hybridized carbons (Fsp3) is 0.889. The molecule has 1 fully saturated rings. The van der Waals surface area contributed by atoms with Gasteiger partial charge in [0.15, 0.2) is 0 Å². The van der Waals surface area contributed by atoms with E-state index in [-0.39, 0.29) is 0 Å². The lowest BCUT2D eigenvalue weighted by Gasteiger charge is -2.00. The fourth-order valence-electron chi connectivity index (χ4n) is 1.31. The molecular formula is C9H17F3N2O. The second kappa shape index (κ2) is 5.95. The normalized spacial score (nSPS) is 25.5. The Kier molecular flexibility index (Phi) is 5.64. The second-order valence-corrected chi connectivity index (χ2v) is 3.73. The summed E-state index contributed by atoms with van der Waals surface area (Å²) in [5.74, 6) is -1.01. The molecule has 0 saturated carbocycles. The summed E-state index contributed by atoms with van der Waals surface area (Å²) in [4.78, 5) is 9.60. The monoisotopic (exact) mass is 226 g/mol. The van der Waals surface area contributed by atoms with Crippen molar-refractivity contribution >= 4 is 5.91 Å². The van der Waals surface area contributed by atoms with E-state index in [2.05, 4.69) is 19.2 Å². The van der Waals surface area contributed by atoms with Gasteiger partial charge in [-0.3, -0.25) is 4.79 Å². The molecule has 15 heavy (non-hydrogen) atoms. The molecule has 1 amide bonds. The van der Waals surface area contributed by atoms with Crippen molar-refractivity contribution in [2.75, 3.05) is 13.6 Å². The molecule has 3 nitrogen and oxygen atoms in total. The van der Waals surface area contributed by atoms with Crippen LogP contribution in [0.2, 0.25) is 0 Å². The van der Waals surface area contributed by atoms with E-state index in [1.165, 1.54) is 18.3 Å². The van der Waals surface area contributed by atoms with Crippen molar-refractivity contribution in [2.24, 2.45) is 5.92 Å². The molecule has 0 radical (unpaired) electrons. The van der Waals surface area contributed by atoms with E-state index < -0.39 is 12.1 Å². The van der Waals surface area contributed by atoms with E-state index >= 15 is 0 Å². The Hall–Kier alpha value is -0.780. The second-order valence-electron chi connectivity index (χ2n) is 3.73. The van der Waals surface area contributed by atoms with Crippen LogP contribution in [0.3, 0.4) is 0 Å². The third-order valence-corrected chi connectivity index (χ3v) is 2.06. The number of hydrogen-bond acceptors (Lipinski definition) is 2. The van der Waals surface area contributed by atoms with E-state index in [1.807, 2.05) is 0 Å². The topological polar surface area (TPSA) is 41.1 Å². The van der Waals surface area contributed by atoms with E-state index in [1.54, 1.807) is 0 Å². The molecule has 1 unspecified atom stereocenters. The lowest BCUT2D eigenvalue weighted by atomic mass is 10.1. The van der Waals surface area contributed by atoms with Crippen LogP contribution in [-0.4, -0.2) is 31.7 Å². The molecule has 0 aromatic heterocycles. The molecule has 6 heteroatoms. The van der Waals surface area contributed by atoms with Crippen LogP contribution in [0.4, 0.5) is 13.2 Å². The van der Waals surface area contributed by atoms with Gasteiger partial charge in [-0.25, -0.2) is 0 Å². The van der Waals surface area contributed by atoms with Crippen molar-refractivity contribution in [2.45, 2.75) is 32.5 Å². The molecule has 1 rings (SSSR count). The molecule has 0 aromatic rings. The van der Waals surface area contributed by atoms with Gasteiger partial charge in [0.05, 0.1) is 0 Å². The van der Waals surface area contributed by atoms with Crippen molar-refractivity contribution in [3.05, 3.63) is 0 Å². The quantitative estimate of drug-likeness (QED) is 0.653. The number of rotatable bonds is 0. The van der Waals surface area contributed by atoms with Crippen molar-refractivity contribution in [3.63, 3.8) is 0 Å². The molecule has 2 N–H and O–H groups in total. The molecule has 0 aliphatic carbocycles. The molecule has 1 heterocycles. The van der Waals surface area contributed by atoms with E-state index in [0.717, 1.165) is 19.0 Å². The van der Waals surface area contributed by atoms with Gasteiger partial charge in [0.2, 0.25) is 0 Å². The molecule has 1 aliphatic rings. The minimum atomic E-state index is -4.74. The summed E-state index contributed by atoms with van der Waals surface area (Å²) in [5, 5.41) is 4.81. The van der Waals surface area contributed by atoms with Crippen LogP contribution >= 0.6 is 0 Å². The molecule has 1 aliphatic heterocycles. The van der Waals surface area contributed by atoms with E-state index in [0.29, 0.717) is 0 Å². The first-order chi connectivity index (χ1) is 6.77. The number of carbonyl (C=O) groups is 1. The maximum absolute atomic E-state index is 11.0. The van der Waals surface area contributed by atoms with Gasteiger partial charge >= 0.3 is 12.1 Å². The van der Waals surface area contributed by atoms with Crippen molar-refractivity contribution in [3.8, 4) is 0 Å². The molecule has 0 aromatic carbocycles. The predicted molar refractivity (Wildman–Crippen MR) is 51.4 cm³/mol. The zero-order valence-corrected chi connectivity index (χ0v) is 9.11. The van der Waals surface area contributed by atoms with Gasteiger partial charge in [-0.05, 0) is 25.8 Å². The van der Waals surface area contributed by atoms with Crippen molar-refractivity contribution < 1.29 is 18.0 Å². The maximum atomic E-state index is 11.0. The number of alkyl halides is 3. The molecule has 2 atom stereocenters. The first kappa shape index (κ1) is 14.2. The third-order valence-electron chi connectivity index (χ3n) is 2.06. The highest BCUT2D eigenvalue weighted by molar-refractivity contribution is 5.81. The Bertz CT molecular complexity index is 198. The first-order valence-corrected chi connectivity index (χ1v) is 4.79. The van der Waals surface area contributed by atoms with Crippen LogP contribution in [-0.2, 0) is 4.79 Å². The highest BCUT2D eigenvalue weighted by Gasteiger charge is 2.37. The van der Waals surface area contributed by atoms with Gasteiger partial charge < -0.3 is 10.6 Å². The number of amides is 1. The Labute approximate surface area is 87.4 Å². The van der Waals surface area contributed by atoms with Crippen LogP contribution in [0.5, 0.6) is 0 Å². The first-order valence-electron chi connectivity index (χ1n) is 4.79. The van der Waals surface area contributed by atoms with Crippen LogP contribution in [0.15, 0.2) is 0 Å². The molecule has 1 saturated heterocycles. The molecule has 0 spiro atoms. The summed E-state index contributed by atoms with van der Waals surface area (Å²) in [5.41, 5.74) is 0. The smallest absolute Gasteiger partial charge is 0.351 e. The highest BCUT2D eigenvalue weighted by atomic mass is 19.4. The summed E-state index contributed by atoms with van der Waals surface area (Å²) in [6, 6.07) is 0.773.